The van der Waals surface area contributed by atoms with Gasteiger partial charge >= 0.3 is 5.69 Å². The van der Waals surface area contributed by atoms with E-state index in [1.54, 1.807) is 24.3 Å². The molecule has 1 amide bonds. The zero-order chi connectivity index (χ0) is 19.1. The van der Waals surface area contributed by atoms with Crippen LogP contribution in [0.3, 0.4) is 0 Å². The Morgan fingerprint density at radius 2 is 1.96 bits per heavy atom. The molecule has 2 rings (SSSR count). The molecule has 0 spiro atoms. The lowest BCUT2D eigenvalue weighted by Gasteiger charge is -2.08. The number of nitrogens with zero attached hydrogens (tertiary/aromatic N) is 2. The zero-order valence-electron chi connectivity index (χ0n) is 15.2. The molecule has 26 heavy (non-hydrogen) atoms. The van der Waals surface area contributed by atoms with Crippen molar-refractivity contribution in [3.05, 3.63) is 40.3 Å². The van der Waals surface area contributed by atoms with Crippen molar-refractivity contribution in [2.24, 2.45) is 5.92 Å². The Hall–Kier alpha value is -2.35. The van der Waals surface area contributed by atoms with Crippen LogP contribution in [-0.4, -0.2) is 32.2 Å². The molecule has 1 aromatic heterocycles. The fourth-order valence-corrected chi connectivity index (χ4v) is 3.24. The van der Waals surface area contributed by atoms with Crippen LogP contribution < -0.4 is 11.0 Å². The second-order valence-electron chi connectivity index (χ2n) is 6.40. The van der Waals surface area contributed by atoms with Gasteiger partial charge in [-0.05, 0) is 36.6 Å². The molecule has 0 saturated heterocycles. The Bertz CT molecular complexity index is 809. The number of aromatic amines is 1. The first-order chi connectivity index (χ1) is 12.4. The summed E-state index contributed by atoms with van der Waals surface area (Å²) in [5.41, 5.74) is 0.964. The monoisotopic (exact) mass is 376 g/mol. The molecule has 0 unspecified atom stereocenters. The van der Waals surface area contributed by atoms with Crippen LogP contribution in [0.1, 0.15) is 44.0 Å². The predicted octanol–water partition coefficient (Wildman–Crippen LogP) is 2.94. The van der Waals surface area contributed by atoms with E-state index in [1.165, 1.54) is 16.3 Å². The highest BCUT2D eigenvalue weighted by Gasteiger charge is 2.12. The van der Waals surface area contributed by atoms with Crippen LogP contribution in [0.2, 0.25) is 0 Å². The molecule has 0 bridgehead atoms. The van der Waals surface area contributed by atoms with Crippen LogP contribution >= 0.6 is 11.8 Å². The van der Waals surface area contributed by atoms with Crippen molar-refractivity contribution in [2.45, 2.75) is 45.3 Å². The summed E-state index contributed by atoms with van der Waals surface area (Å²) in [6.45, 7) is 6.51. The van der Waals surface area contributed by atoms with E-state index >= 15 is 0 Å². The number of Topliss-reactive ketones (excluding diaryl/α,β-unsaturated/α-hetero) is 1. The van der Waals surface area contributed by atoms with Crippen LogP contribution in [0.25, 0.3) is 0 Å². The van der Waals surface area contributed by atoms with Crippen molar-refractivity contribution in [3.8, 4) is 0 Å². The smallest absolute Gasteiger partial charge is 0.326 e. The van der Waals surface area contributed by atoms with E-state index in [4.69, 9.17) is 0 Å². The van der Waals surface area contributed by atoms with Crippen molar-refractivity contribution < 1.29 is 9.59 Å². The average Bonchev–Trinajstić information content (AvgIpc) is 2.93. The van der Waals surface area contributed by atoms with Gasteiger partial charge in [0.25, 0.3) is 0 Å². The van der Waals surface area contributed by atoms with Gasteiger partial charge in [-0.2, -0.15) is 0 Å². The van der Waals surface area contributed by atoms with Gasteiger partial charge in [-0.3, -0.25) is 14.2 Å². The van der Waals surface area contributed by atoms with Crippen molar-refractivity contribution >= 4 is 29.1 Å². The zero-order valence-corrected chi connectivity index (χ0v) is 16.1. The summed E-state index contributed by atoms with van der Waals surface area (Å²) < 4.78 is 1.53. The molecular formula is C18H24N4O3S. The summed E-state index contributed by atoms with van der Waals surface area (Å²) in [5.74, 6) is 0.378. The lowest BCUT2D eigenvalue weighted by molar-refractivity contribution is -0.116. The summed E-state index contributed by atoms with van der Waals surface area (Å²) in [6.07, 6.45) is 1.27. The van der Waals surface area contributed by atoms with Gasteiger partial charge in [0.1, 0.15) is 0 Å². The highest BCUT2D eigenvalue weighted by molar-refractivity contribution is 7.99. The van der Waals surface area contributed by atoms with Crippen LogP contribution in [0.15, 0.2) is 34.2 Å². The molecule has 0 atom stereocenters. The van der Waals surface area contributed by atoms with Crippen molar-refractivity contribution in [2.75, 3.05) is 11.1 Å². The second-order valence-corrected chi connectivity index (χ2v) is 7.34. The van der Waals surface area contributed by atoms with Gasteiger partial charge in [-0.25, -0.2) is 9.89 Å². The van der Waals surface area contributed by atoms with E-state index in [1.807, 2.05) is 20.8 Å². The summed E-state index contributed by atoms with van der Waals surface area (Å²) >= 11 is 1.23. The molecule has 0 fully saturated rings. The number of nitrogens with one attached hydrogen (secondary N) is 2. The topological polar surface area (TPSA) is 96.8 Å². The fraction of sp³-hybridized carbons (Fsp3) is 0.444. The minimum Gasteiger partial charge on any atom is -0.326 e. The normalized spacial score (nSPS) is 10.9. The number of ketones is 1. The number of carbonyl (C=O) groups excluding carboxylic acids is 2. The van der Waals surface area contributed by atoms with Crippen LogP contribution in [0.5, 0.6) is 0 Å². The Morgan fingerprint density at radius 3 is 2.58 bits per heavy atom. The molecule has 2 aromatic rings. The van der Waals surface area contributed by atoms with E-state index in [2.05, 4.69) is 15.5 Å². The Morgan fingerprint density at radius 1 is 1.27 bits per heavy atom. The maximum absolute atomic E-state index is 12.3. The Kier molecular flexibility index (Phi) is 7.20. The number of carbonyl (C=O) groups is 2. The third-order valence-electron chi connectivity index (χ3n) is 3.59. The number of rotatable bonds is 9. The first kappa shape index (κ1) is 20.0. The van der Waals surface area contributed by atoms with E-state index in [-0.39, 0.29) is 23.1 Å². The standard InChI is InChI=1S/C18H24N4O3S/c1-4-9-22-17(25)20-21-18(22)26-11-15(23)13-5-7-14(8-6-13)19-16(24)10-12(2)3/h5-8,12H,4,9-11H2,1-3H3,(H,19,24)(H,20,25). The summed E-state index contributed by atoms with van der Waals surface area (Å²) in [5, 5.41) is 9.70. The Labute approximate surface area is 156 Å². The number of hydrogen-bond donors (Lipinski definition) is 2. The molecule has 0 saturated carbocycles. The first-order valence-corrected chi connectivity index (χ1v) is 9.60. The van der Waals surface area contributed by atoms with Gasteiger partial charge in [0.05, 0.1) is 5.75 Å². The first-order valence-electron chi connectivity index (χ1n) is 8.61. The molecule has 0 aliphatic rings. The molecule has 1 heterocycles. The van der Waals surface area contributed by atoms with Gasteiger partial charge in [0.15, 0.2) is 10.9 Å². The average molecular weight is 376 g/mol. The molecule has 0 aliphatic heterocycles. The lowest BCUT2D eigenvalue weighted by atomic mass is 10.1. The van der Waals surface area contributed by atoms with E-state index < -0.39 is 0 Å². The molecular weight excluding hydrogens is 352 g/mol. The van der Waals surface area contributed by atoms with Gasteiger partial charge in [-0.1, -0.05) is 32.5 Å². The molecule has 140 valence electrons. The van der Waals surface area contributed by atoms with Crippen molar-refractivity contribution in [1.82, 2.24) is 14.8 Å². The SMILES string of the molecule is CCCn1c(SCC(=O)c2ccc(NC(=O)CC(C)C)cc2)n[nH]c1=O. The third kappa shape index (κ3) is 5.59. The van der Waals surface area contributed by atoms with Gasteiger partial charge < -0.3 is 5.32 Å². The highest BCUT2D eigenvalue weighted by atomic mass is 32.2. The number of H-pyrrole nitrogens is 1. The fourth-order valence-electron chi connectivity index (χ4n) is 2.37. The van der Waals surface area contributed by atoms with Crippen molar-refractivity contribution in [3.63, 3.8) is 0 Å². The van der Waals surface area contributed by atoms with Gasteiger partial charge in [0, 0.05) is 24.2 Å². The van der Waals surface area contributed by atoms with Crippen LogP contribution in [0, 0.1) is 5.92 Å². The van der Waals surface area contributed by atoms with E-state index in [9.17, 15) is 14.4 Å². The van der Waals surface area contributed by atoms with Gasteiger partial charge in [0.2, 0.25) is 5.91 Å². The van der Waals surface area contributed by atoms with E-state index in [0.717, 1.165) is 6.42 Å². The number of hydrogen-bond acceptors (Lipinski definition) is 5. The van der Waals surface area contributed by atoms with Gasteiger partial charge in [-0.15, -0.1) is 5.10 Å². The minimum absolute atomic E-state index is 0.0398. The van der Waals surface area contributed by atoms with Crippen LogP contribution in [0.4, 0.5) is 5.69 Å². The summed E-state index contributed by atoms with van der Waals surface area (Å²) in [4.78, 5) is 35.8. The summed E-state index contributed by atoms with van der Waals surface area (Å²) in [6, 6.07) is 6.82. The molecule has 1 aromatic carbocycles. The number of aromatic nitrogens is 3. The number of benzene rings is 1. The molecule has 0 aliphatic carbocycles. The molecule has 2 N–H and O–H groups in total. The number of anilines is 1. The third-order valence-corrected chi connectivity index (χ3v) is 4.56. The number of amides is 1. The van der Waals surface area contributed by atoms with E-state index in [0.29, 0.717) is 35.3 Å². The summed E-state index contributed by atoms with van der Waals surface area (Å²) in [7, 11) is 0. The van der Waals surface area contributed by atoms with Crippen molar-refractivity contribution in [1.29, 1.82) is 0 Å². The number of thioether (sulfide) groups is 1. The lowest BCUT2D eigenvalue weighted by Crippen LogP contribution is -2.17. The molecule has 8 heteroatoms. The second kappa shape index (κ2) is 9.38. The molecule has 7 nitrogen and oxygen atoms in total. The predicted molar refractivity (Wildman–Crippen MR) is 103 cm³/mol. The maximum Gasteiger partial charge on any atom is 0.343 e. The Balaban J connectivity index is 1.94. The van der Waals surface area contributed by atoms with Crippen LogP contribution in [-0.2, 0) is 11.3 Å². The largest absolute Gasteiger partial charge is 0.343 e. The molecule has 0 radical (unpaired) electrons. The highest BCUT2D eigenvalue weighted by Crippen LogP contribution is 2.17. The quantitative estimate of drug-likeness (QED) is 0.518. The minimum atomic E-state index is -0.261. The maximum atomic E-state index is 12.3.